The molecule has 2 radical (unpaired) electrons. The molecule has 0 N–H and O–H groups in total. The summed E-state index contributed by atoms with van der Waals surface area (Å²) in [5.41, 5.74) is 17.4. The molecule has 2 aliphatic carbocycles. The maximum Gasteiger partial charge on any atom is 0.0397 e. The Hall–Kier alpha value is -2.54. The van der Waals surface area contributed by atoms with E-state index in [9.17, 15) is 0 Å². The van der Waals surface area contributed by atoms with Crippen molar-refractivity contribution in [2.24, 2.45) is 0 Å². The van der Waals surface area contributed by atoms with Gasteiger partial charge in [0.1, 0.15) is 0 Å². The van der Waals surface area contributed by atoms with Gasteiger partial charge in [0, 0.05) is 47.6 Å². The van der Waals surface area contributed by atoms with Crippen molar-refractivity contribution in [3.8, 4) is 22.3 Å². The topological polar surface area (TPSA) is 0 Å². The number of hydrogen-bond acceptors (Lipinski definition) is 0. The molecular formula is C40H42SiZr. The molecule has 0 saturated carbocycles. The molecule has 2 atom stereocenters. The van der Waals surface area contributed by atoms with Crippen LogP contribution in [0.4, 0.5) is 0 Å². The fraction of sp³-hybridized carbons (Fsp3) is 0.300. The molecule has 0 nitrogen and oxygen atoms in total. The molecule has 2 aliphatic rings. The Morgan fingerprint density at radius 3 is 1.33 bits per heavy atom. The number of allylic oxidation sites excluding steroid dienone is 2. The van der Waals surface area contributed by atoms with E-state index in [1.165, 1.54) is 82.3 Å². The monoisotopic (exact) mass is 640 g/mol. The first-order chi connectivity index (χ1) is 20.1. The Bertz CT molecular complexity index is 1470. The van der Waals surface area contributed by atoms with Crippen molar-refractivity contribution < 1.29 is 26.2 Å². The second-order valence-corrected chi connectivity index (χ2v) is 13.4. The van der Waals surface area contributed by atoms with Crippen LogP contribution in [-0.4, -0.2) is 9.52 Å². The van der Waals surface area contributed by atoms with Gasteiger partial charge >= 0.3 is 0 Å². The predicted molar refractivity (Wildman–Crippen MR) is 180 cm³/mol. The number of rotatable bonds is 10. The quantitative estimate of drug-likeness (QED) is 0.151. The molecule has 6 rings (SSSR count). The Balaban J connectivity index is 0.00000353. The summed E-state index contributed by atoms with van der Waals surface area (Å²) in [6, 6.07) is 34.7. The Labute approximate surface area is 275 Å². The van der Waals surface area contributed by atoms with Gasteiger partial charge in [0.25, 0.3) is 0 Å². The standard InChI is InChI=1S/C40H42Si.Zr/c1-5-9-31-23-37-33(29-19-15-27(3)16-20-29)11-7-13-35(37)39(31)25-41-26-40-32(10-6-2)24-38-34(12-8-14-36(38)40)30-21-17-28(4)18-22-30;/h7-8,11-24,39-40H,5-6,9-10,25-26H2,1-4H3;. The Morgan fingerprint density at radius 2 is 0.952 bits per heavy atom. The number of hydrogen-bond donors (Lipinski definition) is 0. The third-order valence-electron chi connectivity index (χ3n) is 9.08. The van der Waals surface area contributed by atoms with E-state index in [4.69, 9.17) is 0 Å². The molecule has 210 valence electrons. The summed E-state index contributed by atoms with van der Waals surface area (Å²) in [6.07, 6.45) is 9.91. The van der Waals surface area contributed by atoms with E-state index in [1.807, 2.05) is 0 Å². The van der Waals surface area contributed by atoms with Crippen LogP contribution < -0.4 is 0 Å². The summed E-state index contributed by atoms with van der Waals surface area (Å²) in [7, 11) is 0.947. The van der Waals surface area contributed by atoms with Gasteiger partial charge in [-0.2, -0.15) is 0 Å². The van der Waals surface area contributed by atoms with Gasteiger partial charge in [-0.1, -0.05) is 158 Å². The fourth-order valence-corrected chi connectivity index (χ4v) is 8.67. The molecule has 0 amide bonds. The SMILES string of the molecule is CCCC1=Cc2c(-c3ccc(C)cc3)cccc2C1C[Si]CC1C(CCC)=Cc2c(-c3ccc(C)cc3)cccc21.[Zr]. The summed E-state index contributed by atoms with van der Waals surface area (Å²) in [5.74, 6) is 1.12. The molecule has 4 aromatic carbocycles. The van der Waals surface area contributed by atoms with Crippen LogP contribution in [0.5, 0.6) is 0 Å². The number of aryl methyl sites for hydroxylation is 2. The molecule has 0 heterocycles. The molecule has 0 aromatic heterocycles. The number of fused-ring (bicyclic) bond motifs is 2. The van der Waals surface area contributed by atoms with Crippen LogP contribution in [0, 0.1) is 13.8 Å². The van der Waals surface area contributed by atoms with Crippen LogP contribution >= 0.6 is 0 Å². The average Bonchev–Trinajstić information content (AvgIpc) is 3.52. The van der Waals surface area contributed by atoms with Gasteiger partial charge in [-0.25, -0.2) is 0 Å². The minimum atomic E-state index is 0. The second kappa shape index (κ2) is 13.8. The van der Waals surface area contributed by atoms with E-state index in [2.05, 4.69) is 125 Å². The molecule has 42 heavy (non-hydrogen) atoms. The zero-order chi connectivity index (χ0) is 28.3. The molecule has 0 saturated heterocycles. The minimum absolute atomic E-state index is 0. The van der Waals surface area contributed by atoms with E-state index in [1.54, 1.807) is 22.3 Å². The molecule has 0 spiro atoms. The normalized spacial score (nSPS) is 16.9. The van der Waals surface area contributed by atoms with E-state index >= 15 is 0 Å². The second-order valence-electron chi connectivity index (χ2n) is 12.1. The molecule has 0 aliphatic heterocycles. The van der Waals surface area contributed by atoms with Crippen molar-refractivity contribution in [3.05, 3.63) is 129 Å². The van der Waals surface area contributed by atoms with Crippen LogP contribution in [0.25, 0.3) is 34.4 Å². The van der Waals surface area contributed by atoms with Crippen LogP contribution in [0.3, 0.4) is 0 Å². The average molecular weight is 642 g/mol. The minimum Gasteiger partial charge on any atom is -0.0651 e. The summed E-state index contributed by atoms with van der Waals surface area (Å²) < 4.78 is 0. The molecule has 2 unspecified atom stereocenters. The number of benzene rings is 4. The van der Waals surface area contributed by atoms with Crippen LogP contribution in [0.1, 0.15) is 84.7 Å². The maximum absolute atomic E-state index is 2.55. The zero-order valence-electron chi connectivity index (χ0n) is 25.6. The van der Waals surface area contributed by atoms with Crippen LogP contribution in [0.15, 0.2) is 96.1 Å². The van der Waals surface area contributed by atoms with Gasteiger partial charge in [0.15, 0.2) is 0 Å². The first kappa shape index (κ1) is 30.9. The fourth-order valence-electron chi connectivity index (χ4n) is 6.96. The van der Waals surface area contributed by atoms with E-state index < -0.39 is 0 Å². The van der Waals surface area contributed by atoms with Crippen molar-refractivity contribution in [3.63, 3.8) is 0 Å². The molecular weight excluding hydrogens is 600 g/mol. The Morgan fingerprint density at radius 1 is 0.548 bits per heavy atom. The molecule has 0 fully saturated rings. The molecule has 4 aromatic rings. The first-order valence-electron chi connectivity index (χ1n) is 15.6. The van der Waals surface area contributed by atoms with Crippen molar-refractivity contribution >= 4 is 21.7 Å². The third-order valence-corrected chi connectivity index (χ3v) is 10.5. The zero-order valence-corrected chi connectivity index (χ0v) is 29.1. The third kappa shape index (κ3) is 6.22. The van der Waals surface area contributed by atoms with Crippen molar-refractivity contribution in [1.29, 1.82) is 0 Å². The summed E-state index contributed by atoms with van der Waals surface area (Å²) in [6.45, 7) is 8.99. The van der Waals surface area contributed by atoms with E-state index in [-0.39, 0.29) is 26.2 Å². The molecule has 2 heteroatoms. The van der Waals surface area contributed by atoms with Gasteiger partial charge in [-0.05, 0) is 71.2 Å². The Kier molecular flexibility index (Phi) is 10.2. The van der Waals surface area contributed by atoms with Crippen molar-refractivity contribution in [2.45, 2.75) is 77.3 Å². The van der Waals surface area contributed by atoms with Gasteiger partial charge < -0.3 is 0 Å². The van der Waals surface area contributed by atoms with Crippen molar-refractivity contribution in [2.75, 3.05) is 0 Å². The summed E-state index contributed by atoms with van der Waals surface area (Å²) >= 11 is 0. The predicted octanol–water partition coefficient (Wildman–Crippen LogP) is 11.4. The van der Waals surface area contributed by atoms with Gasteiger partial charge in [-0.15, -0.1) is 0 Å². The van der Waals surface area contributed by atoms with Gasteiger partial charge in [-0.3, -0.25) is 0 Å². The van der Waals surface area contributed by atoms with E-state index in [0.29, 0.717) is 11.8 Å². The van der Waals surface area contributed by atoms with Crippen LogP contribution in [-0.2, 0) is 26.2 Å². The van der Waals surface area contributed by atoms with Gasteiger partial charge in [0.2, 0.25) is 0 Å². The molecule has 0 bridgehead atoms. The smallest absolute Gasteiger partial charge is 0.0397 e. The summed E-state index contributed by atoms with van der Waals surface area (Å²) in [5, 5.41) is 0. The van der Waals surface area contributed by atoms with Crippen LogP contribution in [0.2, 0.25) is 12.1 Å². The van der Waals surface area contributed by atoms with E-state index in [0.717, 1.165) is 9.52 Å². The first-order valence-corrected chi connectivity index (χ1v) is 17.0. The van der Waals surface area contributed by atoms with Crippen molar-refractivity contribution in [1.82, 2.24) is 0 Å². The summed E-state index contributed by atoms with van der Waals surface area (Å²) in [4.78, 5) is 0. The van der Waals surface area contributed by atoms with Gasteiger partial charge in [0.05, 0.1) is 0 Å². The largest absolute Gasteiger partial charge is 0.0651 e. The maximum atomic E-state index is 2.55.